The van der Waals surface area contributed by atoms with Crippen molar-refractivity contribution < 1.29 is 13.9 Å². The average molecular weight is 305 g/mol. The van der Waals surface area contributed by atoms with Gasteiger partial charge in [-0.3, -0.25) is 4.79 Å². The summed E-state index contributed by atoms with van der Waals surface area (Å²) in [6, 6.07) is 3.58. The topological polar surface area (TPSA) is 64.3 Å². The second kappa shape index (κ2) is 6.68. The number of hydrogen-bond donors (Lipinski definition) is 2. The Morgan fingerprint density at radius 1 is 1.65 bits per heavy atom. The van der Waals surface area contributed by atoms with E-state index in [1.807, 2.05) is 0 Å². The Hall–Kier alpha value is -0.980. The first-order chi connectivity index (χ1) is 8.04. The largest absolute Gasteiger partial charge is 0.385 e. The van der Waals surface area contributed by atoms with Gasteiger partial charge in [0.1, 0.15) is 5.82 Å². The zero-order valence-corrected chi connectivity index (χ0v) is 11.0. The lowest BCUT2D eigenvalue weighted by Gasteiger charge is -2.12. The zero-order chi connectivity index (χ0) is 12.8. The Balaban J connectivity index is 2.64. The molecule has 1 rings (SSSR count). The molecule has 0 aliphatic rings. The highest BCUT2D eigenvalue weighted by atomic mass is 79.9. The van der Waals surface area contributed by atoms with Crippen LogP contribution in [0.15, 0.2) is 22.7 Å². The van der Waals surface area contributed by atoms with Crippen LogP contribution in [0.25, 0.3) is 0 Å². The minimum Gasteiger partial charge on any atom is -0.385 e. The third-order valence-electron chi connectivity index (χ3n) is 2.16. The first-order valence-electron chi connectivity index (χ1n) is 5.05. The van der Waals surface area contributed by atoms with Crippen molar-refractivity contribution in [1.29, 1.82) is 0 Å². The number of anilines is 1. The Labute approximate surface area is 107 Å². The fraction of sp³-hybridized carbons (Fsp3) is 0.364. The predicted octanol–water partition coefficient (Wildman–Crippen LogP) is 1.89. The zero-order valence-electron chi connectivity index (χ0n) is 9.37. The molecule has 0 aliphatic carbocycles. The lowest BCUT2D eigenvalue weighted by atomic mass is 10.2. The highest BCUT2D eigenvalue weighted by Gasteiger charge is 2.15. The summed E-state index contributed by atoms with van der Waals surface area (Å²) in [6.45, 7) is 0.384. The minimum absolute atomic E-state index is 0.109. The average Bonchev–Trinajstić information content (AvgIpc) is 2.30. The summed E-state index contributed by atoms with van der Waals surface area (Å²) in [7, 11) is 1.53. The Morgan fingerprint density at radius 3 is 3.00 bits per heavy atom. The first kappa shape index (κ1) is 14.1. The number of ether oxygens (including phenoxy) is 1. The monoisotopic (exact) mass is 304 g/mol. The third kappa shape index (κ3) is 4.41. The lowest BCUT2D eigenvalue weighted by molar-refractivity contribution is -0.117. The summed E-state index contributed by atoms with van der Waals surface area (Å²) >= 11 is 3.20. The fourth-order valence-corrected chi connectivity index (χ4v) is 1.56. The molecule has 1 aromatic rings. The van der Waals surface area contributed by atoms with Crippen molar-refractivity contribution in [3.8, 4) is 0 Å². The van der Waals surface area contributed by atoms with E-state index in [1.54, 1.807) is 6.07 Å². The molecular formula is C11H14BrFN2O2. The van der Waals surface area contributed by atoms with Crippen LogP contribution < -0.4 is 11.1 Å². The van der Waals surface area contributed by atoms with Crippen LogP contribution in [0, 0.1) is 5.82 Å². The van der Waals surface area contributed by atoms with Crippen molar-refractivity contribution in [2.45, 2.75) is 12.5 Å². The van der Waals surface area contributed by atoms with Gasteiger partial charge in [-0.05, 0) is 24.6 Å². The molecule has 1 atom stereocenters. The molecule has 1 unspecified atom stereocenters. The molecule has 0 saturated heterocycles. The molecule has 1 amide bonds. The SMILES string of the molecule is COCCC(N)C(=O)Nc1cc(Br)ccc1F. The summed E-state index contributed by atoms with van der Waals surface area (Å²) in [5.41, 5.74) is 5.72. The maximum absolute atomic E-state index is 13.3. The number of nitrogens with two attached hydrogens (primary N) is 1. The van der Waals surface area contributed by atoms with E-state index in [0.29, 0.717) is 17.5 Å². The normalized spacial score (nSPS) is 12.2. The molecule has 0 heterocycles. The second-order valence-corrected chi connectivity index (χ2v) is 4.42. The number of methoxy groups -OCH3 is 1. The van der Waals surface area contributed by atoms with Gasteiger partial charge in [-0.2, -0.15) is 0 Å². The quantitative estimate of drug-likeness (QED) is 0.873. The van der Waals surface area contributed by atoms with Crippen molar-refractivity contribution in [3.05, 3.63) is 28.5 Å². The maximum atomic E-state index is 13.3. The van der Waals surface area contributed by atoms with Gasteiger partial charge in [0.25, 0.3) is 0 Å². The van der Waals surface area contributed by atoms with Crippen molar-refractivity contribution in [2.75, 3.05) is 19.0 Å². The maximum Gasteiger partial charge on any atom is 0.241 e. The van der Waals surface area contributed by atoms with E-state index in [0.717, 1.165) is 0 Å². The van der Waals surface area contributed by atoms with Gasteiger partial charge in [0.05, 0.1) is 11.7 Å². The summed E-state index contributed by atoms with van der Waals surface area (Å²) in [4.78, 5) is 11.6. The molecule has 0 fully saturated rings. The van der Waals surface area contributed by atoms with Crippen molar-refractivity contribution in [3.63, 3.8) is 0 Å². The second-order valence-electron chi connectivity index (χ2n) is 3.50. The van der Waals surface area contributed by atoms with Gasteiger partial charge in [0.2, 0.25) is 5.91 Å². The Kier molecular flexibility index (Phi) is 5.54. The molecule has 6 heteroatoms. The number of hydrogen-bond acceptors (Lipinski definition) is 3. The summed E-state index contributed by atoms with van der Waals surface area (Å²) in [5.74, 6) is -0.931. The summed E-state index contributed by atoms with van der Waals surface area (Å²) in [5, 5.41) is 2.44. The number of rotatable bonds is 5. The third-order valence-corrected chi connectivity index (χ3v) is 2.65. The van der Waals surface area contributed by atoms with Crippen LogP contribution in [0.3, 0.4) is 0 Å². The number of carbonyl (C=O) groups excluding carboxylic acids is 1. The highest BCUT2D eigenvalue weighted by molar-refractivity contribution is 9.10. The van der Waals surface area contributed by atoms with Gasteiger partial charge < -0.3 is 15.8 Å². The number of nitrogens with one attached hydrogen (secondary N) is 1. The van der Waals surface area contributed by atoms with E-state index < -0.39 is 17.8 Å². The molecule has 4 nitrogen and oxygen atoms in total. The Bertz CT molecular complexity index is 401. The van der Waals surface area contributed by atoms with E-state index in [1.165, 1.54) is 19.2 Å². The molecule has 0 saturated carbocycles. The first-order valence-corrected chi connectivity index (χ1v) is 5.84. The number of benzene rings is 1. The molecule has 1 aromatic carbocycles. The van der Waals surface area contributed by atoms with Crippen LogP contribution in [0.2, 0.25) is 0 Å². The van der Waals surface area contributed by atoms with E-state index in [9.17, 15) is 9.18 Å². The molecule has 0 aliphatic heterocycles. The number of amides is 1. The molecule has 0 spiro atoms. The number of halogens is 2. The molecule has 17 heavy (non-hydrogen) atoms. The van der Waals surface area contributed by atoms with Crippen LogP contribution in [-0.4, -0.2) is 25.7 Å². The molecular weight excluding hydrogens is 291 g/mol. The van der Waals surface area contributed by atoms with E-state index in [4.69, 9.17) is 10.5 Å². The molecule has 0 bridgehead atoms. The van der Waals surface area contributed by atoms with Crippen LogP contribution in [0.4, 0.5) is 10.1 Å². The highest BCUT2D eigenvalue weighted by Crippen LogP contribution is 2.20. The summed E-state index contributed by atoms with van der Waals surface area (Å²) in [6.07, 6.45) is 0.387. The molecule has 3 N–H and O–H groups in total. The lowest BCUT2D eigenvalue weighted by Crippen LogP contribution is -2.36. The standard InChI is InChI=1S/C11H14BrFN2O2/c1-17-5-4-9(14)11(16)15-10-6-7(12)2-3-8(10)13/h2-3,6,9H,4-5,14H2,1H3,(H,15,16). The van der Waals surface area contributed by atoms with E-state index in [2.05, 4.69) is 21.2 Å². The van der Waals surface area contributed by atoms with E-state index in [-0.39, 0.29) is 5.69 Å². The molecule has 94 valence electrons. The summed E-state index contributed by atoms with van der Waals surface area (Å²) < 4.78 is 18.8. The van der Waals surface area contributed by atoms with Gasteiger partial charge in [0.15, 0.2) is 0 Å². The van der Waals surface area contributed by atoms with Crippen LogP contribution in [0.5, 0.6) is 0 Å². The van der Waals surface area contributed by atoms with Gasteiger partial charge in [-0.1, -0.05) is 15.9 Å². The van der Waals surface area contributed by atoms with Crippen LogP contribution in [0.1, 0.15) is 6.42 Å². The van der Waals surface area contributed by atoms with Gasteiger partial charge in [0, 0.05) is 18.2 Å². The van der Waals surface area contributed by atoms with Crippen LogP contribution in [-0.2, 0) is 9.53 Å². The minimum atomic E-state index is -0.715. The predicted molar refractivity (Wildman–Crippen MR) is 67.2 cm³/mol. The Morgan fingerprint density at radius 2 is 2.35 bits per heavy atom. The van der Waals surface area contributed by atoms with Gasteiger partial charge >= 0.3 is 0 Å². The molecule has 0 aromatic heterocycles. The van der Waals surface area contributed by atoms with Gasteiger partial charge in [-0.25, -0.2) is 4.39 Å². The van der Waals surface area contributed by atoms with Gasteiger partial charge in [-0.15, -0.1) is 0 Å². The number of carbonyl (C=O) groups is 1. The fourth-order valence-electron chi connectivity index (χ4n) is 1.19. The smallest absolute Gasteiger partial charge is 0.241 e. The molecule has 0 radical (unpaired) electrons. The van der Waals surface area contributed by atoms with Crippen molar-refractivity contribution >= 4 is 27.5 Å². The van der Waals surface area contributed by atoms with Crippen LogP contribution >= 0.6 is 15.9 Å². The van der Waals surface area contributed by atoms with Crippen molar-refractivity contribution in [1.82, 2.24) is 0 Å². The van der Waals surface area contributed by atoms with Crippen molar-refractivity contribution in [2.24, 2.45) is 5.73 Å². The van der Waals surface area contributed by atoms with E-state index >= 15 is 0 Å².